The minimum Gasteiger partial charge on any atom is -0.307 e. The van der Waals surface area contributed by atoms with E-state index in [-0.39, 0.29) is 0 Å². The number of hydrogen-bond acceptors (Lipinski definition) is 3. The molecule has 3 rings (SSSR count). The van der Waals surface area contributed by atoms with E-state index in [1.165, 1.54) is 10.5 Å². The number of nitrogens with zero attached hydrogens (tertiary/aromatic N) is 1. The fourth-order valence-electron chi connectivity index (χ4n) is 2.00. The van der Waals surface area contributed by atoms with Crippen molar-refractivity contribution >= 4 is 38.7 Å². The van der Waals surface area contributed by atoms with Gasteiger partial charge in [0.2, 0.25) is 0 Å². The van der Waals surface area contributed by atoms with Crippen LogP contribution in [-0.4, -0.2) is 17.6 Å². The first-order valence-corrected chi connectivity index (χ1v) is 6.43. The van der Waals surface area contributed by atoms with Crippen LogP contribution in [0.1, 0.15) is 11.8 Å². The lowest BCUT2D eigenvalue weighted by molar-refractivity contribution is 0.737. The van der Waals surface area contributed by atoms with Gasteiger partial charge in [-0.2, -0.15) is 0 Å². The van der Waals surface area contributed by atoms with Crippen LogP contribution in [0.5, 0.6) is 0 Å². The van der Waals surface area contributed by atoms with Crippen LogP contribution in [-0.2, 0) is 0 Å². The van der Waals surface area contributed by atoms with Crippen molar-refractivity contribution in [3.63, 3.8) is 0 Å². The SMILES string of the molecule is CC1NCC=C1c1cc2c(Cl)ccnc2s1. The van der Waals surface area contributed by atoms with E-state index < -0.39 is 0 Å². The molecule has 0 aliphatic carbocycles. The van der Waals surface area contributed by atoms with Gasteiger partial charge in [0.25, 0.3) is 0 Å². The molecule has 0 spiro atoms. The Labute approximate surface area is 103 Å². The van der Waals surface area contributed by atoms with Crippen LogP contribution in [0, 0.1) is 0 Å². The van der Waals surface area contributed by atoms with Gasteiger partial charge in [0, 0.05) is 29.0 Å². The van der Waals surface area contributed by atoms with E-state index in [4.69, 9.17) is 11.6 Å². The van der Waals surface area contributed by atoms with Gasteiger partial charge in [0.1, 0.15) is 4.83 Å². The Hall–Kier alpha value is -0.900. The third-order valence-corrected chi connectivity index (χ3v) is 4.30. The number of thiophene rings is 1. The lowest BCUT2D eigenvalue weighted by atomic mass is 10.1. The molecule has 1 aliphatic rings. The standard InChI is InChI=1S/C12H11ClN2S/c1-7-8(2-4-14-7)11-6-9-10(13)3-5-15-12(9)16-11/h2-3,5-7,14H,4H2,1H3. The number of pyridine rings is 1. The smallest absolute Gasteiger partial charge is 0.125 e. The normalized spacial score (nSPS) is 20.4. The number of halogens is 1. The Bertz CT molecular complexity index is 573. The molecule has 82 valence electrons. The Morgan fingerprint density at radius 3 is 3.12 bits per heavy atom. The third kappa shape index (κ3) is 1.56. The summed E-state index contributed by atoms with van der Waals surface area (Å²) in [7, 11) is 0. The largest absolute Gasteiger partial charge is 0.307 e. The van der Waals surface area contributed by atoms with Gasteiger partial charge in [-0.25, -0.2) is 4.98 Å². The third-order valence-electron chi connectivity index (χ3n) is 2.88. The van der Waals surface area contributed by atoms with E-state index in [2.05, 4.69) is 29.4 Å². The molecule has 0 saturated heterocycles. The fraction of sp³-hybridized carbons (Fsp3) is 0.250. The summed E-state index contributed by atoms with van der Waals surface area (Å²) in [6.45, 7) is 3.13. The van der Waals surface area contributed by atoms with Gasteiger partial charge in [0.05, 0.1) is 5.02 Å². The first-order valence-electron chi connectivity index (χ1n) is 5.23. The van der Waals surface area contributed by atoms with Crippen LogP contribution < -0.4 is 5.32 Å². The summed E-state index contributed by atoms with van der Waals surface area (Å²) in [5.41, 5.74) is 1.36. The topological polar surface area (TPSA) is 24.9 Å². The van der Waals surface area contributed by atoms with Crippen LogP contribution in [0.2, 0.25) is 5.02 Å². The minimum atomic E-state index is 0.423. The molecule has 0 saturated carbocycles. The molecule has 2 aromatic heterocycles. The highest BCUT2D eigenvalue weighted by molar-refractivity contribution is 7.19. The molecular weight excluding hydrogens is 240 g/mol. The van der Waals surface area contributed by atoms with Crippen LogP contribution in [0.3, 0.4) is 0 Å². The summed E-state index contributed by atoms with van der Waals surface area (Å²) in [5, 5.41) is 5.23. The summed E-state index contributed by atoms with van der Waals surface area (Å²) in [4.78, 5) is 6.63. The van der Waals surface area contributed by atoms with E-state index in [9.17, 15) is 0 Å². The average molecular weight is 251 g/mol. The molecule has 0 fully saturated rings. The number of hydrogen-bond donors (Lipinski definition) is 1. The number of fused-ring (bicyclic) bond motifs is 1. The lowest BCUT2D eigenvalue weighted by Crippen LogP contribution is -2.19. The molecule has 1 unspecified atom stereocenters. The van der Waals surface area contributed by atoms with Crippen molar-refractivity contribution in [2.45, 2.75) is 13.0 Å². The molecule has 1 N–H and O–H groups in total. The van der Waals surface area contributed by atoms with Crippen LogP contribution in [0.4, 0.5) is 0 Å². The van der Waals surface area contributed by atoms with Crippen LogP contribution >= 0.6 is 22.9 Å². The average Bonchev–Trinajstić information content (AvgIpc) is 2.84. The van der Waals surface area contributed by atoms with Crippen molar-refractivity contribution in [1.82, 2.24) is 10.3 Å². The van der Waals surface area contributed by atoms with Crippen molar-refractivity contribution in [1.29, 1.82) is 0 Å². The Morgan fingerprint density at radius 1 is 1.56 bits per heavy atom. The molecule has 0 aromatic carbocycles. The van der Waals surface area contributed by atoms with Gasteiger partial charge in [-0.15, -0.1) is 11.3 Å². The molecular formula is C12H11ClN2S. The van der Waals surface area contributed by atoms with E-state index in [0.717, 1.165) is 21.8 Å². The summed E-state index contributed by atoms with van der Waals surface area (Å²) >= 11 is 7.85. The van der Waals surface area contributed by atoms with Gasteiger partial charge >= 0.3 is 0 Å². The summed E-state index contributed by atoms with van der Waals surface area (Å²) in [5.74, 6) is 0. The number of nitrogens with one attached hydrogen (secondary N) is 1. The van der Waals surface area contributed by atoms with Crippen molar-refractivity contribution in [3.8, 4) is 0 Å². The molecule has 1 aliphatic heterocycles. The zero-order chi connectivity index (χ0) is 11.1. The van der Waals surface area contributed by atoms with Crippen molar-refractivity contribution in [2.75, 3.05) is 6.54 Å². The zero-order valence-electron chi connectivity index (χ0n) is 8.83. The van der Waals surface area contributed by atoms with Crippen LogP contribution in [0.15, 0.2) is 24.4 Å². The summed E-state index contributed by atoms with van der Waals surface area (Å²) < 4.78 is 0. The van der Waals surface area contributed by atoms with E-state index in [1.807, 2.05) is 6.07 Å². The predicted octanol–water partition coefficient (Wildman–Crippen LogP) is 3.32. The molecule has 1 atom stereocenters. The molecule has 4 heteroatoms. The second-order valence-corrected chi connectivity index (χ2v) is 5.35. The quantitative estimate of drug-likeness (QED) is 0.840. The van der Waals surface area contributed by atoms with Crippen molar-refractivity contribution < 1.29 is 0 Å². The highest BCUT2D eigenvalue weighted by Gasteiger charge is 2.18. The molecule has 2 aromatic rings. The Balaban J connectivity index is 2.16. The molecule has 0 radical (unpaired) electrons. The highest BCUT2D eigenvalue weighted by atomic mass is 35.5. The summed E-state index contributed by atoms with van der Waals surface area (Å²) in [6.07, 6.45) is 4.00. The van der Waals surface area contributed by atoms with Gasteiger partial charge in [-0.05, 0) is 24.6 Å². The van der Waals surface area contributed by atoms with Gasteiger partial charge in [-0.1, -0.05) is 17.7 Å². The van der Waals surface area contributed by atoms with Gasteiger partial charge in [-0.3, -0.25) is 0 Å². The first kappa shape index (κ1) is 10.3. The first-order chi connectivity index (χ1) is 7.75. The zero-order valence-corrected chi connectivity index (χ0v) is 10.4. The lowest BCUT2D eigenvalue weighted by Gasteiger charge is -2.06. The second-order valence-electron chi connectivity index (χ2n) is 3.91. The number of rotatable bonds is 1. The van der Waals surface area contributed by atoms with E-state index in [0.29, 0.717) is 6.04 Å². The molecule has 0 bridgehead atoms. The minimum absolute atomic E-state index is 0.423. The fourth-order valence-corrected chi connectivity index (χ4v) is 3.41. The maximum atomic E-state index is 6.15. The Morgan fingerprint density at radius 2 is 2.44 bits per heavy atom. The van der Waals surface area contributed by atoms with E-state index in [1.54, 1.807) is 17.5 Å². The van der Waals surface area contributed by atoms with Gasteiger partial charge < -0.3 is 5.32 Å². The van der Waals surface area contributed by atoms with Crippen LogP contribution in [0.25, 0.3) is 15.8 Å². The summed E-state index contributed by atoms with van der Waals surface area (Å²) in [6, 6.07) is 4.40. The molecule has 16 heavy (non-hydrogen) atoms. The second kappa shape index (κ2) is 3.84. The Kier molecular flexibility index (Phi) is 2.46. The maximum absolute atomic E-state index is 6.15. The van der Waals surface area contributed by atoms with Crippen molar-refractivity contribution in [2.24, 2.45) is 0 Å². The van der Waals surface area contributed by atoms with E-state index >= 15 is 0 Å². The predicted molar refractivity (Wildman–Crippen MR) is 70.1 cm³/mol. The number of aromatic nitrogens is 1. The monoisotopic (exact) mass is 250 g/mol. The highest BCUT2D eigenvalue weighted by Crippen LogP contribution is 2.35. The molecule has 3 heterocycles. The van der Waals surface area contributed by atoms with Gasteiger partial charge in [0.15, 0.2) is 0 Å². The maximum Gasteiger partial charge on any atom is 0.125 e. The van der Waals surface area contributed by atoms with Crippen molar-refractivity contribution in [3.05, 3.63) is 34.3 Å². The molecule has 0 amide bonds. The molecule has 2 nitrogen and oxygen atoms in total.